The van der Waals surface area contributed by atoms with Gasteiger partial charge in [-0.25, -0.2) is 4.79 Å². The number of hydrazine groups is 1. The molecule has 0 heterocycles. The fraction of sp³-hybridized carbons (Fsp3) is 0.333. The SMILES string of the molecule is CCOCCC(=O)NNC(=S)NC(=O)c1cccc(C(=O)OC)c1. The van der Waals surface area contributed by atoms with Gasteiger partial charge in [0.25, 0.3) is 5.91 Å². The number of thiocarbonyl (C=S) groups is 1. The van der Waals surface area contributed by atoms with Crippen molar-refractivity contribution in [2.75, 3.05) is 20.3 Å². The van der Waals surface area contributed by atoms with Gasteiger partial charge in [0.2, 0.25) is 5.91 Å². The molecule has 1 aromatic rings. The molecule has 0 atom stereocenters. The van der Waals surface area contributed by atoms with Crippen molar-refractivity contribution in [1.82, 2.24) is 16.2 Å². The highest BCUT2D eigenvalue weighted by atomic mass is 32.1. The maximum Gasteiger partial charge on any atom is 0.337 e. The molecule has 2 amide bonds. The molecule has 8 nitrogen and oxygen atoms in total. The minimum absolute atomic E-state index is 0.0757. The summed E-state index contributed by atoms with van der Waals surface area (Å²) in [7, 11) is 1.25. The number of methoxy groups -OCH3 is 1. The summed E-state index contributed by atoms with van der Waals surface area (Å²) in [6, 6.07) is 5.97. The van der Waals surface area contributed by atoms with Gasteiger partial charge in [-0.3, -0.25) is 25.8 Å². The lowest BCUT2D eigenvalue weighted by atomic mass is 10.1. The van der Waals surface area contributed by atoms with Gasteiger partial charge in [0.15, 0.2) is 5.11 Å². The van der Waals surface area contributed by atoms with Crippen LogP contribution in [0, 0.1) is 0 Å². The summed E-state index contributed by atoms with van der Waals surface area (Å²) < 4.78 is 9.63. The Balaban J connectivity index is 2.48. The van der Waals surface area contributed by atoms with Crippen LogP contribution in [0.2, 0.25) is 0 Å². The van der Waals surface area contributed by atoms with Gasteiger partial charge in [0.1, 0.15) is 0 Å². The van der Waals surface area contributed by atoms with Crippen LogP contribution >= 0.6 is 12.2 Å². The molecule has 9 heteroatoms. The van der Waals surface area contributed by atoms with Crippen LogP contribution in [0.4, 0.5) is 0 Å². The van der Waals surface area contributed by atoms with Gasteiger partial charge < -0.3 is 9.47 Å². The minimum atomic E-state index is -0.549. The van der Waals surface area contributed by atoms with Gasteiger partial charge in [-0.05, 0) is 37.3 Å². The minimum Gasteiger partial charge on any atom is -0.465 e. The van der Waals surface area contributed by atoms with Crippen molar-refractivity contribution < 1.29 is 23.9 Å². The van der Waals surface area contributed by atoms with Crippen molar-refractivity contribution in [3.8, 4) is 0 Å². The summed E-state index contributed by atoms with van der Waals surface area (Å²) >= 11 is 4.91. The number of hydrogen-bond acceptors (Lipinski definition) is 6. The van der Waals surface area contributed by atoms with Crippen LogP contribution < -0.4 is 16.2 Å². The van der Waals surface area contributed by atoms with E-state index in [0.29, 0.717) is 13.2 Å². The lowest BCUT2D eigenvalue weighted by Crippen LogP contribution is -2.48. The van der Waals surface area contributed by atoms with Gasteiger partial charge in [-0.1, -0.05) is 6.07 Å². The van der Waals surface area contributed by atoms with Crippen molar-refractivity contribution >= 4 is 35.1 Å². The second-order valence-corrected chi connectivity index (χ2v) is 4.88. The standard InChI is InChI=1S/C15H19N3O5S/c1-3-23-8-7-12(19)17-18-15(24)16-13(20)10-5-4-6-11(9-10)14(21)22-2/h4-6,9H,3,7-8H2,1-2H3,(H,17,19)(H2,16,18,20,24). The Morgan fingerprint density at radius 1 is 1.17 bits per heavy atom. The van der Waals surface area contributed by atoms with Crippen molar-refractivity contribution in [1.29, 1.82) is 0 Å². The first-order chi connectivity index (χ1) is 11.5. The predicted octanol–water partition coefficient (Wildman–Crippen LogP) is 0.535. The quantitative estimate of drug-likeness (QED) is 0.297. The van der Waals surface area contributed by atoms with Crippen LogP contribution in [0.15, 0.2) is 24.3 Å². The van der Waals surface area contributed by atoms with E-state index in [0.717, 1.165) is 0 Å². The van der Waals surface area contributed by atoms with E-state index < -0.39 is 11.9 Å². The Morgan fingerprint density at radius 3 is 2.54 bits per heavy atom. The van der Waals surface area contributed by atoms with E-state index in [1.54, 1.807) is 6.07 Å². The van der Waals surface area contributed by atoms with Crippen LogP contribution in [0.25, 0.3) is 0 Å². The van der Waals surface area contributed by atoms with E-state index in [2.05, 4.69) is 20.9 Å². The van der Waals surface area contributed by atoms with Gasteiger partial charge in [-0.2, -0.15) is 0 Å². The van der Waals surface area contributed by atoms with Gasteiger partial charge in [0.05, 0.1) is 25.7 Å². The largest absolute Gasteiger partial charge is 0.465 e. The van der Waals surface area contributed by atoms with E-state index in [-0.39, 0.29) is 28.6 Å². The van der Waals surface area contributed by atoms with Crippen LogP contribution in [-0.2, 0) is 14.3 Å². The molecule has 3 N–H and O–H groups in total. The third-order valence-corrected chi connectivity index (χ3v) is 2.97. The molecule has 0 aliphatic carbocycles. The number of hydrogen-bond donors (Lipinski definition) is 3. The molecule has 130 valence electrons. The summed E-state index contributed by atoms with van der Waals surface area (Å²) in [5, 5.41) is 2.31. The molecule has 0 spiro atoms. The number of carbonyl (C=O) groups is 3. The highest BCUT2D eigenvalue weighted by molar-refractivity contribution is 7.80. The lowest BCUT2D eigenvalue weighted by Gasteiger charge is -2.11. The van der Waals surface area contributed by atoms with Gasteiger partial charge in [-0.15, -0.1) is 0 Å². The average molecular weight is 353 g/mol. The topological polar surface area (TPSA) is 106 Å². The van der Waals surface area contributed by atoms with Crippen LogP contribution in [0.1, 0.15) is 34.1 Å². The zero-order chi connectivity index (χ0) is 17.9. The lowest BCUT2D eigenvalue weighted by molar-refractivity contribution is -0.122. The number of rotatable bonds is 6. The van der Waals surface area contributed by atoms with Crippen molar-refractivity contribution in [3.05, 3.63) is 35.4 Å². The predicted molar refractivity (Wildman–Crippen MR) is 90.2 cm³/mol. The highest BCUT2D eigenvalue weighted by Crippen LogP contribution is 2.06. The summed E-state index contributed by atoms with van der Waals surface area (Å²) in [5.74, 6) is -1.40. The first-order valence-corrected chi connectivity index (χ1v) is 7.55. The summed E-state index contributed by atoms with van der Waals surface area (Å²) in [4.78, 5) is 35.0. The van der Waals surface area contributed by atoms with E-state index in [9.17, 15) is 14.4 Å². The molecule has 1 rings (SSSR count). The smallest absolute Gasteiger partial charge is 0.337 e. The molecule has 0 radical (unpaired) electrons. The van der Waals surface area contributed by atoms with Gasteiger partial charge in [0, 0.05) is 12.2 Å². The number of benzene rings is 1. The fourth-order valence-corrected chi connectivity index (χ4v) is 1.75. The summed E-state index contributed by atoms with van der Waals surface area (Å²) in [6.07, 6.45) is 0.165. The molecule has 24 heavy (non-hydrogen) atoms. The molecule has 1 aromatic carbocycles. The third kappa shape index (κ3) is 6.71. The molecule has 0 bridgehead atoms. The second kappa shape index (κ2) is 10.3. The second-order valence-electron chi connectivity index (χ2n) is 4.48. The molecule has 0 saturated carbocycles. The Kier molecular flexibility index (Phi) is 8.37. The fourth-order valence-electron chi connectivity index (χ4n) is 1.61. The van der Waals surface area contributed by atoms with E-state index >= 15 is 0 Å². The molecular formula is C15H19N3O5S. The van der Waals surface area contributed by atoms with E-state index in [4.69, 9.17) is 17.0 Å². The van der Waals surface area contributed by atoms with Crippen LogP contribution in [-0.4, -0.2) is 43.2 Å². The Bertz CT molecular complexity index is 621. The highest BCUT2D eigenvalue weighted by Gasteiger charge is 2.12. The van der Waals surface area contributed by atoms with Crippen molar-refractivity contribution in [2.45, 2.75) is 13.3 Å². The maximum atomic E-state index is 12.1. The Hall–Kier alpha value is -2.52. The molecular weight excluding hydrogens is 334 g/mol. The average Bonchev–Trinajstić information content (AvgIpc) is 2.59. The monoisotopic (exact) mass is 353 g/mol. The van der Waals surface area contributed by atoms with E-state index in [1.165, 1.54) is 25.3 Å². The van der Waals surface area contributed by atoms with Crippen LogP contribution in [0.3, 0.4) is 0 Å². The number of ether oxygens (including phenoxy) is 2. The van der Waals surface area contributed by atoms with Crippen molar-refractivity contribution in [2.24, 2.45) is 0 Å². The first-order valence-electron chi connectivity index (χ1n) is 7.14. The Morgan fingerprint density at radius 2 is 1.88 bits per heavy atom. The van der Waals surface area contributed by atoms with Gasteiger partial charge >= 0.3 is 5.97 Å². The van der Waals surface area contributed by atoms with Crippen molar-refractivity contribution in [3.63, 3.8) is 0 Å². The van der Waals surface area contributed by atoms with E-state index in [1.807, 2.05) is 6.92 Å². The zero-order valence-corrected chi connectivity index (χ0v) is 14.2. The number of esters is 1. The summed E-state index contributed by atoms with van der Waals surface area (Å²) in [6.45, 7) is 2.65. The van der Waals surface area contributed by atoms with Crippen LogP contribution in [0.5, 0.6) is 0 Å². The summed E-state index contributed by atoms with van der Waals surface area (Å²) in [5.41, 5.74) is 5.22. The number of nitrogens with one attached hydrogen (secondary N) is 3. The molecule has 0 unspecified atom stereocenters. The molecule has 0 aromatic heterocycles. The third-order valence-electron chi connectivity index (χ3n) is 2.77. The Labute approximate surface area is 144 Å². The molecule has 0 aliphatic heterocycles. The molecule has 0 fully saturated rings. The number of carbonyl (C=O) groups excluding carboxylic acids is 3. The first kappa shape index (κ1) is 19.5. The normalized spacial score (nSPS) is 9.75. The number of amides is 2. The zero-order valence-electron chi connectivity index (χ0n) is 13.4. The maximum absolute atomic E-state index is 12.1. The molecule has 0 saturated heterocycles. The molecule has 0 aliphatic rings.